The van der Waals surface area contributed by atoms with Crippen molar-refractivity contribution in [3.63, 3.8) is 0 Å². The van der Waals surface area contributed by atoms with Gasteiger partial charge in [0.2, 0.25) is 0 Å². The zero-order valence-electron chi connectivity index (χ0n) is 9.58. The zero-order valence-corrected chi connectivity index (χ0v) is 10.3. The molecule has 2 N–H and O–H groups in total. The van der Waals surface area contributed by atoms with Crippen LogP contribution in [0.5, 0.6) is 0 Å². The molecule has 1 heterocycles. The fourth-order valence-electron chi connectivity index (χ4n) is 2.34. The minimum Gasteiger partial charge on any atom is -0.397 e. The molecular weight excluding hydrogens is 220 g/mol. The molecule has 0 atom stereocenters. The Labute approximate surface area is 102 Å². The molecule has 0 saturated carbocycles. The summed E-state index contributed by atoms with van der Waals surface area (Å²) in [5.41, 5.74) is 7.85. The lowest BCUT2D eigenvalue weighted by Gasteiger charge is -2.28. The van der Waals surface area contributed by atoms with Gasteiger partial charge in [-0.3, -0.25) is 0 Å². The van der Waals surface area contributed by atoms with Crippen molar-refractivity contribution in [2.24, 2.45) is 0 Å². The van der Waals surface area contributed by atoms with Crippen LogP contribution >= 0.6 is 11.6 Å². The third kappa shape index (κ3) is 2.62. The number of hydrogen-bond donors (Lipinski definition) is 1. The minimum absolute atomic E-state index is 0.778. The molecule has 16 heavy (non-hydrogen) atoms. The largest absolute Gasteiger partial charge is 0.397 e. The summed E-state index contributed by atoms with van der Waals surface area (Å²) in [6.07, 6.45) is 6.49. The average Bonchev–Trinajstić information content (AvgIpc) is 2.20. The summed E-state index contributed by atoms with van der Waals surface area (Å²) in [5, 5.41) is 0.778. The minimum atomic E-state index is 0.778. The summed E-state index contributed by atoms with van der Waals surface area (Å²) in [7, 11) is 0. The molecule has 1 aromatic carbocycles. The predicted octanol–water partition coefficient (Wildman–Crippen LogP) is 3.69. The second-order valence-electron chi connectivity index (χ2n) is 4.43. The first kappa shape index (κ1) is 11.6. The first-order chi connectivity index (χ1) is 7.79. The number of hydrogen-bond acceptors (Lipinski definition) is 2. The maximum absolute atomic E-state index is 6.24. The molecule has 0 aliphatic carbocycles. The molecule has 0 spiro atoms. The highest BCUT2D eigenvalue weighted by atomic mass is 35.5. The summed E-state index contributed by atoms with van der Waals surface area (Å²) < 4.78 is 0. The van der Waals surface area contributed by atoms with Crippen LogP contribution in [-0.2, 0) is 0 Å². The second kappa shape index (κ2) is 5.44. The fourth-order valence-corrected chi connectivity index (χ4v) is 2.64. The predicted molar refractivity (Wildman–Crippen MR) is 71.2 cm³/mol. The van der Waals surface area contributed by atoms with Gasteiger partial charge in [-0.05, 0) is 25.0 Å². The van der Waals surface area contributed by atoms with Gasteiger partial charge in [0.05, 0.1) is 16.4 Å². The molecule has 2 nitrogen and oxygen atoms in total. The van der Waals surface area contributed by atoms with E-state index in [-0.39, 0.29) is 0 Å². The van der Waals surface area contributed by atoms with Gasteiger partial charge in [-0.25, -0.2) is 0 Å². The van der Waals surface area contributed by atoms with Gasteiger partial charge in [0.15, 0.2) is 0 Å². The molecule has 1 fully saturated rings. The molecule has 1 aliphatic rings. The number of benzene rings is 1. The third-order valence-electron chi connectivity index (χ3n) is 3.19. The Morgan fingerprint density at radius 3 is 2.25 bits per heavy atom. The molecule has 3 heteroatoms. The highest BCUT2D eigenvalue weighted by molar-refractivity contribution is 6.34. The Hall–Kier alpha value is -0.890. The van der Waals surface area contributed by atoms with Crippen molar-refractivity contribution in [2.45, 2.75) is 32.1 Å². The van der Waals surface area contributed by atoms with Crippen LogP contribution in [0.2, 0.25) is 5.02 Å². The number of nitrogens with zero attached hydrogens (tertiary/aromatic N) is 1. The quantitative estimate of drug-likeness (QED) is 0.756. The lowest BCUT2D eigenvalue weighted by atomic mass is 10.1. The molecule has 1 aliphatic heterocycles. The molecular formula is C13H19ClN2. The number of nitrogens with two attached hydrogens (primary N) is 1. The van der Waals surface area contributed by atoms with E-state index in [1.807, 2.05) is 18.2 Å². The van der Waals surface area contributed by atoms with Crippen LogP contribution in [0.25, 0.3) is 0 Å². The number of para-hydroxylation sites is 1. The van der Waals surface area contributed by atoms with Crippen molar-refractivity contribution < 1.29 is 0 Å². The highest BCUT2D eigenvalue weighted by Crippen LogP contribution is 2.32. The van der Waals surface area contributed by atoms with Crippen molar-refractivity contribution in [3.8, 4) is 0 Å². The van der Waals surface area contributed by atoms with Crippen LogP contribution < -0.4 is 10.6 Å². The topological polar surface area (TPSA) is 29.3 Å². The van der Waals surface area contributed by atoms with Gasteiger partial charge >= 0.3 is 0 Å². The van der Waals surface area contributed by atoms with E-state index in [1.165, 1.54) is 32.1 Å². The Bertz CT molecular complexity index is 324. The lowest BCUT2D eigenvalue weighted by molar-refractivity contribution is 0.557. The Kier molecular flexibility index (Phi) is 3.94. The second-order valence-corrected chi connectivity index (χ2v) is 4.84. The van der Waals surface area contributed by atoms with E-state index >= 15 is 0 Å². The smallest absolute Gasteiger partial charge is 0.0789 e. The van der Waals surface area contributed by atoms with Gasteiger partial charge in [-0.1, -0.05) is 36.9 Å². The van der Waals surface area contributed by atoms with Crippen molar-refractivity contribution in [1.29, 1.82) is 0 Å². The van der Waals surface area contributed by atoms with Gasteiger partial charge in [0.25, 0.3) is 0 Å². The summed E-state index contributed by atoms with van der Waals surface area (Å²) in [5.74, 6) is 0. The molecule has 88 valence electrons. The molecule has 0 radical (unpaired) electrons. The molecule has 0 bridgehead atoms. The van der Waals surface area contributed by atoms with E-state index in [0.717, 1.165) is 29.5 Å². The van der Waals surface area contributed by atoms with Crippen molar-refractivity contribution in [2.75, 3.05) is 23.7 Å². The summed E-state index contributed by atoms with van der Waals surface area (Å²) in [6.45, 7) is 2.15. The monoisotopic (exact) mass is 238 g/mol. The third-order valence-corrected chi connectivity index (χ3v) is 3.50. The molecule has 2 rings (SSSR count). The summed E-state index contributed by atoms with van der Waals surface area (Å²) >= 11 is 6.24. The maximum atomic E-state index is 6.24. The van der Waals surface area contributed by atoms with Gasteiger partial charge < -0.3 is 10.6 Å². The van der Waals surface area contributed by atoms with Crippen molar-refractivity contribution in [3.05, 3.63) is 23.2 Å². The normalized spacial score (nSPS) is 17.9. The van der Waals surface area contributed by atoms with Crippen molar-refractivity contribution in [1.82, 2.24) is 0 Å². The lowest BCUT2D eigenvalue weighted by Crippen LogP contribution is -2.28. The standard InChI is InChI=1S/C13H19ClN2/c14-11-7-6-8-12(15)13(11)16-9-4-2-1-3-5-10-16/h6-8H,1-5,9-10,15H2. The van der Waals surface area contributed by atoms with E-state index in [0.29, 0.717) is 0 Å². The van der Waals surface area contributed by atoms with E-state index in [9.17, 15) is 0 Å². The fraction of sp³-hybridized carbons (Fsp3) is 0.538. The Balaban J connectivity index is 2.20. The van der Waals surface area contributed by atoms with Crippen LogP contribution in [0, 0.1) is 0 Å². The van der Waals surface area contributed by atoms with Gasteiger partial charge in [0, 0.05) is 13.1 Å². The van der Waals surface area contributed by atoms with Crippen LogP contribution in [0.3, 0.4) is 0 Å². The number of halogens is 1. The molecule has 0 unspecified atom stereocenters. The number of nitrogen functional groups attached to an aromatic ring is 1. The van der Waals surface area contributed by atoms with Gasteiger partial charge in [-0.2, -0.15) is 0 Å². The zero-order chi connectivity index (χ0) is 11.4. The van der Waals surface area contributed by atoms with E-state index in [4.69, 9.17) is 17.3 Å². The Morgan fingerprint density at radius 2 is 1.62 bits per heavy atom. The molecule has 1 saturated heterocycles. The number of rotatable bonds is 1. The van der Waals surface area contributed by atoms with Crippen LogP contribution in [-0.4, -0.2) is 13.1 Å². The van der Waals surface area contributed by atoms with Gasteiger partial charge in [0.1, 0.15) is 0 Å². The highest BCUT2D eigenvalue weighted by Gasteiger charge is 2.14. The van der Waals surface area contributed by atoms with Crippen LogP contribution in [0.1, 0.15) is 32.1 Å². The SMILES string of the molecule is Nc1cccc(Cl)c1N1CCCCCCC1. The number of anilines is 2. The van der Waals surface area contributed by atoms with Crippen molar-refractivity contribution >= 4 is 23.0 Å². The molecule has 0 amide bonds. The average molecular weight is 239 g/mol. The molecule has 0 aromatic heterocycles. The van der Waals surface area contributed by atoms with Crippen LogP contribution in [0.15, 0.2) is 18.2 Å². The van der Waals surface area contributed by atoms with Crippen LogP contribution in [0.4, 0.5) is 11.4 Å². The first-order valence-corrected chi connectivity index (χ1v) is 6.46. The van der Waals surface area contributed by atoms with E-state index < -0.39 is 0 Å². The Morgan fingerprint density at radius 1 is 1.00 bits per heavy atom. The first-order valence-electron chi connectivity index (χ1n) is 6.08. The van der Waals surface area contributed by atoms with E-state index in [2.05, 4.69) is 4.90 Å². The van der Waals surface area contributed by atoms with Gasteiger partial charge in [-0.15, -0.1) is 0 Å². The van der Waals surface area contributed by atoms with E-state index in [1.54, 1.807) is 0 Å². The summed E-state index contributed by atoms with van der Waals surface area (Å²) in [6, 6.07) is 5.76. The summed E-state index contributed by atoms with van der Waals surface area (Å²) in [4.78, 5) is 2.34. The maximum Gasteiger partial charge on any atom is 0.0789 e. The molecule has 1 aromatic rings.